The molecule has 0 aromatic carbocycles. The zero-order chi connectivity index (χ0) is 24.8. The molecule has 2 aromatic heterocycles. The molecular weight excluding hydrogens is 450 g/mol. The van der Waals surface area contributed by atoms with Crippen LogP contribution in [-0.2, 0) is 10.7 Å². The minimum Gasteiger partial charge on any atom is -0.381 e. The first-order valence-corrected chi connectivity index (χ1v) is 12.2. The molecule has 6 nitrogen and oxygen atoms in total. The van der Waals surface area contributed by atoms with Crippen LogP contribution in [0.5, 0.6) is 0 Å². The quantitative estimate of drug-likeness (QED) is 0.678. The van der Waals surface area contributed by atoms with Crippen LogP contribution in [0.15, 0.2) is 54.9 Å². The number of rotatable bonds is 5. The van der Waals surface area contributed by atoms with Crippen molar-refractivity contribution in [3.05, 3.63) is 71.7 Å². The molecule has 0 radical (unpaired) electrons. The van der Waals surface area contributed by atoms with Crippen LogP contribution >= 0.6 is 0 Å². The van der Waals surface area contributed by atoms with E-state index >= 15 is 0 Å². The van der Waals surface area contributed by atoms with Gasteiger partial charge in [0, 0.05) is 68.1 Å². The second-order valence-corrected chi connectivity index (χ2v) is 10.1. The van der Waals surface area contributed by atoms with Gasteiger partial charge in [0.05, 0.1) is 6.61 Å². The molecule has 1 spiro atoms. The Hall–Kier alpha value is -2.84. The number of hydrogen-bond acceptors (Lipinski definition) is 4. The average Bonchev–Trinajstić information content (AvgIpc) is 3.53. The van der Waals surface area contributed by atoms with Crippen LogP contribution in [0.4, 0.5) is 8.78 Å². The monoisotopic (exact) mass is 482 g/mol. The van der Waals surface area contributed by atoms with Gasteiger partial charge in [0.2, 0.25) is 0 Å². The summed E-state index contributed by atoms with van der Waals surface area (Å²) >= 11 is 0. The molecule has 3 aliphatic rings. The molecule has 2 aromatic rings. The number of hydrogen-bond donors (Lipinski definition) is 1. The molecule has 1 unspecified atom stereocenters. The van der Waals surface area contributed by atoms with Crippen molar-refractivity contribution in [1.29, 1.82) is 0 Å². The van der Waals surface area contributed by atoms with E-state index in [1.165, 1.54) is 23.4 Å². The Morgan fingerprint density at radius 2 is 2.00 bits per heavy atom. The van der Waals surface area contributed by atoms with Crippen LogP contribution in [0.3, 0.4) is 0 Å². The highest BCUT2D eigenvalue weighted by molar-refractivity contribution is 5.93. The zero-order valence-corrected chi connectivity index (χ0v) is 20.2. The van der Waals surface area contributed by atoms with E-state index in [0.29, 0.717) is 37.5 Å². The largest absolute Gasteiger partial charge is 0.381 e. The maximum Gasteiger partial charge on any atom is 0.274 e. The van der Waals surface area contributed by atoms with Crippen LogP contribution in [0.1, 0.15) is 60.1 Å². The molecule has 2 fully saturated rings. The highest BCUT2D eigenvalue weighted by Gasteiger charge is 2.39. The minimum absolute atomic E-state index is 0.00931. The van der Waals surface area contributed by atoms with Crippen LogP contribution in [-0.4, -0.2) is 58.6 Å². The summed E-state index contributed by atoms with van der Waals surface area (Å²) in [4.78, 5) is 19.8. The lowest BCUT2D eigenvalue weighted by Gasteiger charge is -2.45. The van der Waals surface area contributed by atoms with Gasteiger partial charge in [-0.1, -0.05) is 25.3 Å². The van der Waals surface area contributed by atoms with Crippen LogP contribution in [0.2, 0.25) is 0 Å². The van der Waals surface area contributed by atoms with Gasteiger partial charge in [-0.3, -0.25) is 4.79 Å². The lowest BCUT2D eigenvalue weighted by Crippen LogP contribution is -2.56. The Balaban J connectivity index is 1.38. The van der Waals surface area contributed by atoms with Gasteiger partial charge in [-0.15, -0.1) is 0 Å². The summed E-state index contributed by atoms with van der Waals surface area (Å²) in [6.45, 7) is 11.8. The van der Waals surface area contributed by atoms with E-state index in [0.717, 1.165) is 39.2 Å². The number of halogens is 2. The lowest BCUT2D eigenvalue weighted by atomic mass is 9.78. The van der Waals surface area contributed by atoms with Crippen molar-refractivity contribution in [2.75, 3.05) is 32.8 Å². The summed E-state index contributed by atoms with van der Waals surface area (Å²) in [5.74, 6) is -3.16. The normalized spacial score (nSPS) is 22.7. The number of pyridine rings is 1. The van der Waals surface area contributed by atoms with Crippen molar-refractivity contribution in [2.24, 2.45) is 0 Å². The van der Waals surface area contributed by atoms with E-state index in [4.69, 9.17) is 4.74 Å². The number of alkyl halides is 2. The van der Waals surface area contributed by atoms with Gasteiger partial charge < -0.3 is 19.4 Å². The smallest absolute Gasteiger partial charge is 0.274 e. The van der Waals surface area contributed by atoms with Gasteiger partial charge >= 0.3 is 0 Å². The number of nitrogens with one attached hydrogen (secondary N) is 1. The molecule has 5 rings (SSSR count). The summed E-state index contributed by atoms with van der Waals surface area (Å²) in [5.41, 5.74) is 3.80. The second kappa shape index (κ2) is 8.99. The molecule has 1 atom stereocenters. The first-order chi connectivity index (χ1) is 16.7. The average molecular weight is 483 g/mol. The summed E-state index contributed by atoms with van der Waals surface area (Å²) in [6, 6.07) is 1.53. The highest BCUT2D eigenvalue weighted by Crippen LogP contribution is 2.36. The number of ether oxygens (including phenoxy) is 1. The van der Waals surface area contributed by atoms with Crippen molar-refractivity contribution in [2.45, 2.75) is 50.0 Å². The van der Waals surface area contributed by atoms with Gasteiger partial charge in [0.1, 0.15) is 11.3 Å². The molecule has 8 heteroatoms. The first kappa shape index (κ1) is 23.9. The number of amides is 1. The van der Waals surface area contributed by atoms with Gasteiger partial charge in [0.25, 0.3) is 11.8 Å². The molecule has 5 heterocycles. The SMILES string of the molecule is C=CC1=C(C=C)CC2(CCN(C(=O)c3cn4cc(C(C)(F)F)cc(C5CCOC5)c4n3)CC2)NC1. The number of nitrogens with zero attached hydrogens (tertiary/aromatic N) is 3. The third-order valence-electron chi connectivity index (χ3n) is 7.77. The fourth-order valence-electron chi connectivity index (χ4n) is 5.54. The fraction of sp³-hybridized carbons (Fsp3) is 0.481. The lowest BCUT2D eigenvalue weighted by molar-refractivity contribution is 0.0169. The standard InChI is InChI=1S/C27H32F2N4O2/c1-4-18-13-27(30-14-19(18)5-2)7-9-32(10-8-27)25(34)23-16-33-15-21(26(3,28)29)12-22(24(33)31-23)20-6-11-35-17-20/h4-5,12,15-16,20,30H,1-2,6-11,13-14,17H2,3H3. The number of aromatic nitrogens is 2. The Kier molecular flexibility index (Phi) is 6.13. The Morgan fingerprint density at radius 3 is 2.63 bits per heavy atom. The van der Waals surface area contributed by atoms with Crippen molar-refractivity contribution in [3.8, 4) is 0 Å². The second-order valence-electron chi connectivity index (χ2n) is 10.1. The minimum atomic E-state index is -2.99. The number of piperidine rings is 1. The van der Waals surface area contributed by atoms with Gasteiger partial charge in [-0.25, -0.2) is 13.8 Å². The van der Waals surface area contributed by atoms with Crippen LogP contribution in [0, 0.1) is 0 Å². The molecule has 0 bridgehead atoms. The summed E-state index contributed by atoms with van der Waals surface area (Å²) < 4.78 is 35.5. The molecule has 0 aliphatic carbocycles. The number of carbonyl (C=O) groups is 1. The first-order valence-electron chi connectivity index (χ1n) is 12.2. The predicted molar refractivity (Wildman–Crippen MR) is 131 cm³/mol. The maximum absolute atomic E-state index is 14.2. The topological polar surface area (TPSA) is 58.9 Å². The van der Waals surface area contributed by atoms with Crippen LogP contribution < -0.4 is 5.32 Å². The third kappa shape index (κ3) is 4.45. The van der Waals surface area contributed by atoms with Crippen molar-refractivity contribution >= 4 is 11.6 Å². The zero-order valence-electron chi connectivity index (χ0n) is 20.2. The molecule has 1 amide bonds. The van der Waals surface area contributed by atoms with E-state index in [1.54, 1.807) is 10.6 Å². The Labute approximate surface area is 204 Å². The number of imidazole rings is 1. The number of likely N-dealkylation sites (tertiary alicyclic amines) is 1. The molecule has 3 aliphatic heterocycles. The van der Waals surface area contributed by atoms with Gasteiger partial charge in [-0.05, 0) is 42.9 Å². The van der Waals surface area contributed by atoms with E-state index < -0.39 is 5.92 Å². The summed E-state index contributed by atoms with van der Waals surface area (Å²) in [7, 11) is 0. The van der Waals surface area contributed by atoms with Crippen molar-refractivity contribution in [1.82, 2.24) is 19.6 Å². The van der Waals surface area contributed by atoms with Crippen molar-refractivity contribution < 1.29 is 18.3 Å². The van der Waals surface area contributed by atoms with E-state index in [-0.39, 0.29) is 28.6 Å². The highest BCUT2D eigenvalue weighted by atomic mass is 19.3. The van der Waals surface area contributed by atoms with E-state index in [9.17, 15) is 13.6 Å². The Bertz CT molecular complexity index is 1200. The summed E-state index contributed by atoms with van der Waals surface area (Å²) in [5, 5.41) is 3.66. The number of fused-ring (bicyclic) bond motifs is 1. The number of allylic oxidation sites excluding steroid dienone is 1. The van der Waals surface area contributed by atoms with E-state index in [2.05, 4.69) is 23.5 Å². The van der Waals surface area contributed by atoms with Gasteiger partial charge in [-0.2, -0.15) is 0 Å². The summed E-state index contributed by atoms with van der Waals surface area (Å²) in [6.07, 6.45) is 10.0. The predicted octanol–water partition coefficient (Wildman–Crippen LogP) is 4.59. The van der Waals surface area contributed by atoms with Crippen molar-refractivity contribution in [3.63, 3.8) is 0 Å². The van der Waals surface area contributed by atoms with Gasteiger partial charge in [0.15, 0.2) is 0 Å². The van der Waals surface area contributed by atoms with E-state index in [1.807, 2.05) is 17.1 Å². The third-order valence-corrected chi connectivity index (χ3v) is 7.77. The fourth-order valence-corrected chi connectivity index (χ4v) is 5.54. The molecule has 1 N–H and O–H groups in total. The molecule has 186 valence electrons. The maximum atomic E-state index is 14.2. The Morgan fingerprint density at radius 1 is 1.26 bits per heavy atom. The number of carbonyl (C=O) groups excluding carboxylic acids is 1. The molecular formula is C27H32F2N4O2. The van der Waals surface area contributed by atoms with Crippen LogP contribution in [0.25, 0.3) is 5.65 Å². The molecule has 0 saturated carbocycles. The molecule has 35 heavy (non-hydrogen) atoms. The molecule has 2 saturated heterocycles.